The summed E-state index contributed by atoms with van der Waals surface area (Å²) in [4.78, 5) is 0. The van der Waals surface area contributed by atoms with Crippen molar-refractivity contribution < 1.29 is 9.50 Å². The van der Waals surface area contributed by atoms with Crippen LogP contribution in [-0.4, -0.2) is 5.11 Å². The number of halogens is 2. The lowest BCUT2D eigenvalue weighted by Crippen LogP contribution is -2.28. The van der Waals surface area contributed by atoms with Crippen molar-refractivity contribution in [3.63, 3.8) is 0 Å². The molecule has 1 aromatic carbocycles. The predicted molar refractivity (Wildman–Crippen MR) is 58.3 cm³/mol. The van der Waals surface area contributed by atoms with Crippen LogP contribution in [0.4, 0.5) is 4.39 Å². The molecule has 1 N–H and O–H groups in total. The summed E-state index contributed by atoms with van der Waals surface area (Å²) in [7, 11) is 0. The van der Waals surface area contributed by atoms with Crippen molar-refractivity contribution in [2.75, 3.05) is 0 Å². The molecule has 1 aliphatic carbocycles. The van der Waals surface area contributed by atoms with Gasteiger partial charge in [-0.3, -0.25) is 0 Å². The number of rotatable bonds is 1. The van der Waals surface area contributed by atoms with Gasteiger partial charge < -0.3 is 5.11 Å². The van der Waals surface area contributed by atoms with Gasteiger partial charge in [0.15, 0.2) is 0 Å². The van der Waals surface area contributed by atoms with Gasteiger partial charge in [0.05, 0.1) is 5.60 Å². The van der Waals surface area contributed by atoms with Crippen LogP contribution in [0, 0.1) is 11.7 Å². The Bertz CT molecular complexity index is 380. The normalized spacial score (nSPS) is 30.8. The maximum absolute atomic E-state index is 13.1. The van der Waals surface area contributed by atoms with Gasteiger partial charge in [0, 0.05) is 10.6 Å². The van der Waals surface area contributed by atoms with Gasteiger partial charge in [0.1, 0.15) is 5.82 Å². The molecule has 0 spiro atoms. The molecule has 0 amide bonds. The summed E-state index contributed by atoms with van der Waals surface area (Å²) in [5.41, 5.74) is -0.409. The van der Waals surface area contributed by atoms with Crippen LogP contribution >= 0.6 is 11.6 Å². The van der Waals surface area contributed by atoms with Crippen molar-refractivity contribution in [3.05, 3.63) is 34.6 Å². The van der Waals surface area contributed by atoms with Crippen LogP contribution in [0.2, 0.25) is 5.02 Å². The average Bonchev–Trinajstić information content (AvgIpc) is 2.52. The van der Waals surface area contributed by atoms with Gasteiger partial charge in [-0.25, -0.2) is 4.39 Å². The van der Waals surface area contributed by atoms with Gasteiger partial charge in [0.25, 0.3) is 0 Å². The lowest BCUT2D eigenvalue weighted by atomic mass is 9.85. The second kappa shape index (κ2) is 3.76. The quantitative estimate of drug-likeness (QED) is 0.780. The van der Waals surface area contributed by atoms with Crippen molar-refractivity contribution in [2.24, 2.45) is 5.92 Å². The minimum Gasteiger partial charge on any atom is -0.385 e. The maximum Gasteiger partial charge on any atom is 0.123 e. The lowest BCUT2D eigenvalue weighted by molar-refractivity contribution is 0.00432. The van der Waals surface area contributed by atoms with E-state index in [4.69, 9.17) is 11.6 Å². The molecule has 0 aromatic heterocycles. The molecule has 1 nitrogen and oxygen atoms in total. The maximum atomic E-state index is 13.1. The van der Waals surface area contributed by atoms with Crippen molar-refractivity contribution >= 4 is 11.6 Å². The van der Waals surface area contributed by atoms with E-state index >= 15 is 0 Å². The van der Waals surface area contributed by atoms with Crippen LogP contribution in [0.15, 0.2) is 18.2 Å². The highest BCUT2D eigenvalue weighted by Gasteiger charge is 2.41. The highest BCUT2D eigenvalue weighted by Crippen LogP contribution is 2.45. The van der Waals surface area contributed by atoms with E-state index in [2.05, 4.69) is 0 Å². The molecule has 0 saturated heterocycles. The van der Waals surface area contributed by atoms with E-state index in [9.17, 15) is 9.50 Å². The molecule has 15 heavy (non-hydrogen) atoms. The summed E-state index contributed by atoms with van der Waals surface area (Å²) in [5, 5.41) is 10.9. The second-order valence-electron chi connectivity index (χ2n) is 4.34. The first kappa shape index (κ1) is 10.9. The Hall–Kier alpha value is -0.600. The van der Waals surface area contributed by atoms with E-state index in [0.29, 0.717) is 17.0 Å². The van der Waals surface area contributed by atoms with Crippen LogP contribution in [0.25, 0.3) is 0 Å². The lowest BCUT2D eigenvalue weighted by Gasteiger charge is -2.29. The summed E-state index contributed by atoms with van der Waals surface area (Å²) in [6, 6.07) is 4.17. The number of aliphatic hydroxyl groups is 1. The minimum atomic E-state index is -0.945. The Morgan fingerprint density at radius 2 is 2.27 bits per heavy atom. The van der Waals surface area contributed by atoms with Gasteiger partial charge in [-0.05, 0) is 43.4 Å². The first-order chi connectivity index (χ1) is 7.04. The summed E-state index contributed by atoms with van der Waals surface area (Å²) in [5.74, 6) is -0.210. The highest BCUT2D eigenvalue weighted by atomic mass is 35.5. The monoisotopic (exact) mass is 228 g/mol. The number of hydrogen-bond acceptors (Lipinski definition) is 1. The zero-order valence-corrected chi connectivity index (χ0v) is 9.39. The fourth-order valence-electron chi connectivity index (χ4n) is 2.39. The van der Waals surface area contributed by atoms with Crippen molar-refractivity contribution in [3.8, 4) is 0 Å². The molecule has 3 heteroatoms. The molecule has 1 aromatic rings. The summed E-state index contributed by atoms with van der Waals surface area (Å²) < 4.78 is 13.1. The van der Waals surface area contributed by atoms with Crippen LogP contribution in [0.1, 0.15) is 31.7 Å². The van der Waals surface area contributed by atoms with Gasteiger partial charge in [-0.1, -0.05) is 18.5 Å². The highest BCUT2D eigenvalue weighted by molar-refractivity contribution is 6.31. The molecular formula is C12H14ClFO. The fraction of sp³-hybridized carbons (Fsp3) is 0.500. The average molecular weight is 229 g/mol. The Kier molecular flexibility index (Phi) is 2.73. The van der Waals surface area contributed by atoms with Gasteiger partial charge in [0.2, 0.25) is 0 Å². The van der Waals surface area contributed by atoms with E-state index in [1.807, 2.05) is 6.92 Å². The third kappa shape index (κ3) is 1.77. The van der Waals surface area contributed by atoms with E-state index in [1.165, 1.54) is 18.2 Å². The number of hydrogen-bond donors (Lipinski definition) is 1. The van der Waals surface area contributed by atoms with Crippen LogP contribution in [-0.2, 0) is 5.60 Å². The summed E-state index contributed by atoms with van der Waals surface area (Å²) >= 11 is 6.00. The Balaban J connectivity index is 2.48. The number of benzene rings is 1. The van der Waals surface area contributed by atoms with Gasteiger partial charge in [-0.2, -0.15) is 0 Å². The third-order valence-electron chi connectivity index (χ3n) is 3.41. The van der Waals surface area contributed by atoms with E-state index in [0.717, 1.165) is 12.8 Å². The van der Waals surface area contributed by atoms with Gasteiger partial charge >= 0.3 is 0 Å². The fourth-order valence-corrected chi connectivity index (χ4v) is 2.67. The Labute approximate surface area is 93.9 Å². The van der Waals surface area contributed by atoms with Crippen molar-refractivity contribution in [2.45, 2.75) is 31.8 Å². The first-order valence-electron chi connectivity index (χ1n) is 5.22. The zero-order chi connectivity index (χ0) is 11.1. The van der Waals surface area contributed by atoms with Gasteiger partial charge in [-0.15, -0.1) is 0 Å². The zero-order valence-electron chi connectivity index (χ0n) is 8.63. The molecule has 0 aliphatic heterocycles. The SMILES string of the molecule is CC1CCCC1(O)c1cc(F)ccc1Cl. The standard InChI is InChI=1S/C12H14ClFO/c1-8-3-2-6-12(8,15)10-7-9(14)4-5-11(10)13/h4-5,7-8,15H,2-3,6H2,1H3. The molecule has 0 bridgehead atoms. The van der Waals surface area contributed by atoms with E-state index < -0.39 is 5.60 Å². The van der Waals surface area contributed by atoms with Crippen LogP contribution in [0.3, 0.4) is 0 Å². The second-order valence-corrected chi connectivity index (χ2v) is 4.75. The first-order valence-corrected chi connectivity index (χ1v) is 5.60. The molecule has 0 radical (unpaired) electrons. The molecule has 1 saturated carbocycles. The smallest absolute Gasteiger partial charge is 0.123 e. The van der Waals surface area contributed by atoms with Crippen LogP contribution < -0.4 is 0 Å². The summed E-state index contributed by atoms with van der Waals surface area (Å²) in [6.45, 7) is 1.98. The molecule has 2 unspecified atom stereocenters. The van der Waals surface area contributed by atoms with Crippen molar-refractivity contribution in [1.82, 2.24) is 0 Å². The minimum absolute atomic E-state index is 0.136. The summed E-state index contributed by atoms with van der Waals surface area (Å²) in [6.07, 6.45) is 2.59. The molecule has 82 valence electrons. The Morgan fingerprint density at radius 3 is 2.87 bits per heavy atom. The third-order valence-corrected chi connectivity index (χ3v) is 3.73. The molecule has 2 rings (SSSR count). The molecule has 2 atom stereocenters. The van der Waals surface area contributed by atoms with E-state index in [-0.39, 0.29) is 11.7 Å². The van der Waals surface area contributed by atoms with Crippen LogP contribution in [0.5, 0.6) is 0 Å². The molecule has 0 heterocycles. The largest absolute Gasteiger partial charge is 0.385 e. The predicted octanol–water partition coefficient (Wildman–Crippen LogP) is 3.49. The molecule has 1 fully saturated rings. The Morgan fingerprint density at radius 1 is 1.53 bits per heavy atom. The molecular weight excluding hydrogens is 215 g/mol. The van der Waals surface area contributed by atoms with E-state index in [1.54, 1.807) is 0 Å². The molecule has 1 aliphatic rings. The topological polar surface area (TPSA) is 20.2 Å². The van der Waals surface area contributed by atoms with Crippen molar-refractivity contribution in [1.29, 1.82) is 0 Å².